The monoisotopic (exact) mass is 341 g/mol. The summed E-state index contributed by atoms with van der Waals surface area (Å²) in [4.78, 5) is 15.1. The number of ether oxygens (including phenoxy) is 1. The molecule has 1 aromatic heterocycles. The summed E-state index contributed by atoms with van der Waals surface area (Å²) in [6.45, 7) is 8.54. The largest absolute Gasteiger partial charge is 0.487 e. The van der Waals surface area contributed by atoms with Gasteiger partial charge < -0.3 is 15.4 Å². The molecule has 0 unspecified atom stereocenters. The van der Waals surface area contributed by atoms with Gasteiger partial charge in [0.1, 0.15) is 12.4 Å². The number of hydrogen-bond acceptors (Lipinski definition) is 4. The fraction of sp³-hybridized carbons (Fsp3) is 0.400. The van der Waals surface area contributed by atoms with E-state index in [4.69, 9.17) is 4.74 Å². The van der Waals surface area contributed by atoms with Gasteiger partial charge in [0.15, 0.2) is 0 Å². The molecule has 0 saturated carbocycles. The maximum Gasteiger partial charge on any atom is 0.216 e. The van der Waals surface area contributed by atoms with Crippen LogP contribution in [-0.2, 0) is 17.9 Å². The number of benzene rings is 1. The van der Waals surface area contributed by atoms with Crippen LogP contribution in [0, 0.1) is 13.8 Å². The molecule has 25 heavy (non-hydrogen) atoms. The van der Waals surface area contributed by atoms with Gasteiger partial charge in [0.2, 0.25) is 5.91 Å². The van der Waals surface area contributed by atoms with Gasteiger partial charge in [-0.3, -0.25) is 9.78 Å². The molecule has 134 valence electrons. The average Bonchev–Trinajstić information content (AvgIpc) is 2.58. The molecule has 1 aromatic carbocycles. The summed E-state index contributed by atoms with van der Waals surface area (Å²) in [6.07, 6.45) is 2.70. The van der Waals surface area contributed by atoms with Gasteiger partial charge in [0.05, 0.1) is 5.69 Å². The van der Waals surface area contributed by atoms with Crippen molar-refractivity contribution < 1.29 is 9.53 Å². The van der Waals surface area contributed by atoms with Crippen LogP contribution in [0.25, 0.3) is 0 Å². The molecule has 0 radical (unpaired) electrons. The van der Waals surface area contributed by atoms with Gasteiger partial charge in [-0.2, -0.15) is 0 Å². The van der Waals surface area contributed by atoms with E-state index in [1.54, 1.807) is 6.20 Å². The first kappa shape index (κ1) is 18.9. The second kappa shape index (κ2) is 9.79. The Kier molecular flexibility index (Phi) is 7.41. The molecule has 5 heteroatoms. The zero-order valence-corrected chi connectivity index (χ0v) is 15.3. The highest BCUT2D eigenvalue weighted by Crippen LogP contribution is 2.25. The first-order valence-corrected chi connectivity index (χ1v) is 8.64. The van der Waals surface area contributed by atoms with Crippen LogP contribution in [0.2, 0.25) is 0 Å². The zero-order valence-electron chi connectivity index (χ0n) is 15.3. The van der Waals surface area contributed by atoms with Crippen LogP contribution in [0.15, 0.2) is 36.5 Å². The number of aromatic nitrogens is 1. The Balaban J connectivity index is 1.83. The number of carbonyl (C=O) groups excluding carboxylic acids is 1. The van der Waals surface area contributed by atoms with Crippen molar-refractivity contribution in [2.24, 2.45) is 0 Å². The van der Waals surface area contributed by atoms with Crippen LogP contribution < -0.4 is 15.4 Å². The van der Waals surface area contributed by atoms with Crippen LogP contribution in [0.5, 0.6) is 5.75 Å². The fourth-order valence-corrected chi connectivity index (χ4v) is 2.71. The number of amides is 1. The number of nitrogens with one attached hydrogen (secondary N) is 2. The fourth-order valence-electron chi connectivity index (χ4n) is 2.71. The zero-order chi connectivity index (χ0) is 18.1. The average molecular weight is 341 g/mol. The molecular formula is C20H27N3O2. The van der Waals surface area contributed by atoms with E-state index < -0.39 is 0 Å². The standard InChI is InChI=1S/C20H27N3O2/c1-15-11-18(13-21-8-6-10-22-17(3)24)12-16(2)20(15)25-14-19-7-4-5-9-23-19/h4-5,7,9,11-12,21H,6,8,10,13-14H2,1-3H3,(H,22,24). The predicted octanol–water partition coefficient (Wildman–Crippen LogP) is 2.89. The maximum absolute atomic E-state index is 10.8. The van der Waals surface area contributed by atoms with Crippen LogP contribution in [0.3, 0.4) is 0 Å². The highest BCUT2D eigenvalue weighted by molar-refractivity contribution is 5.72. The van der Waals surface area contributed by atoms with Crippen molar-refractivity contribution in [3.63, 3.8) is 0 Å². The Labute approximate surface area is 149 Å². The van der Waals surface area contributed by atoms with Crippen LogP contribution in [0.4, 0.5) is 0 Å². The molecule has 1 heterocycles. The second-order valence-corrected chi connectivity index (χ2v) is 6.18. The Hall–Kier alpha value is -2.40. The lowest BCUT2D eigenvalue weighted by Gasteiger charge is -2.14. The van der Waals surface area contributed by atoms with Crippen LogP contribution in [-0.4, -0.2) is 24.0 Å². The minimum atomic E-state index is 0.0209. The first-order chi connectivity index (χ1) is 12.1. The topological polar surface area (TPSA) is 63.2 Å². The van der Waals surface area contributed by atoms with Gasteiger partial charge in [0, 0.05) is 26.2 Å². The lowest BCUT2D eigenvalue weighted by molar-refractivity contribution is -0.118. The Bertz CT molecular complexity index is 664. The Morgan fingerprint density at radius 1 is 1.16 bits per heavy atom. The summed E-state index contributed by atoms with van der Waals surface area (Å²) in [5, 5.41) is 6.20. The van der Waals surface area contributed by atoms with Gasteiger partial charge in [-0.1, -0.05) is 18.2 Å². The van der Waals surface area contributed by atoms with E-state index in [1.165, 1.54) is 12.5 Å². The van der Waals surface area contributed by atoms with Crippen molar-refractivity contribution in [2.75, 3.05) is 13.1 Å². The molecule has 0 aliphatic carbocycles. The predicted molar refractivity (Wildman–Crippen MR) is 99.5 cm³/mol. The number of aryl methyl sites for hydroxylation is 2. The van der Waals surface area contributed by atoms with Crippen LogP contribution in [0.1, 0.15) is 35.7 Å². The van der Waals surface area contributed by atoms with Crippen molar-refractivity contribution in [3.8, 4) is 5.75 Å². The molecule has 2 aromatic rings. The van der Waals surface area contributed by atoms with E-state index >= 15 is 0 Å². The molecule has 0 atom stereocenters. The molecule has 0 aliphatic heterocycles. The van der Waals surface area contributed by atoms with E-state index in [1.807, 2.05) is 18.2 Å². The van der Waals surface area contributed by atoms with Gasteiger partial charge >= 0.3 is 0 Å². The van der Waals surface area contributed by atoms with Gasteiger partial charge in [-0.05, 0) is 55.6 Å². The SMILES string of the molecule is CC(=O)NCCCNCc1cc(C)c(OCc2ccccn2)c(C)c1. The second-order valence-electron chi connectivity index (χ2n) is 6.18. The summed E-state index contributed by atoms with van der Waals surface area (Å²) in [6, 6.07) is 10.1. The minimum Gasteiger partial charge on any atom is -0.487 e. The van der Waals surface area contributed by atoms with E-state index in [9.17, 15) is 4.79 Å². The molecular weight excluding hydrogens is 314 g/mol. The summed E-state index contributed by atoms with van der Waals surface area (Å²) in [5.41, 5.74) is 4.42. The maximum atomic E-state index is 10.8. The smallest absolute Gasteiger partial charge is 0.216 e. The lowest BCUT2D eigenvalue weighted by atomic mass is 10.1. The third-order valence-corrected chi connectivity index (χ3v) is 3.84. The summed E-state index contributed by atoms with van der Waals surface area (Å²) in [7, 11) is 0. The third kappa shape index (κ3) is 6.55. The van der Waals surface area contributed by atoms with Gasteiger partial charge in [0.25, 0.3) is 0 Å². The number of pyridine rings is 1. The molecule has 0 aliphatic rings. The highest BCUT2D eigenvalue weighted by Gasteiger charge is 2.07. The third-order valence-electron chi connectivity index (χ3n) is 3.84. The van der Waals surface area contributed by atoms with Crippen molar-refractivity contribution in [3.05, 3.63) is 58.9 Å². The van der Waals surface area contributed by atoms with Crippen molar-refractivity contribution in [1.82, 2.24) is 15.6 Å². The summed E-state index contributed by atoms with van der Waals surface area (Å²) >= 11 is 0. The lowest BCUT2D eigenvalue weighted by Crippen LogP contribution is -2.25. The van der Waals surface area contributed by atoms with E-state index in [0.717, 1.165) is 42.1 Å². The van der Waals surface area contributed by atoms with Crippen molar-refractivity contribution >= 4 is 5.91 Å². The molecule has 0 spiro atoms. The van der Waals surface area contributed by atoms with Gasteiger partial charge in [-0.25, -0.2) is 0 Å². The number of rotatable bonds is 9. The minimum absolute atomic E-state index is 0.0209. The normalized spacial score (nSPS) is 10.5. The molecule has 5 nitrogen and oxygen atoms in total. The first-order valence-electron chi connectivity index (χ1n) is 8.64. The Morgan fingerprint density at radius 2 is 1.92 bits per heavy atom. The molecule has 2 N–H and O–H groups in total. The quantitative estimate of drug-likeness (QED) is 0.689. The molecule has 1 amide bonds. The molecule has 0 bridgehead atoms. The van der Waals surface area contributed by atoms with Crippen molar-refractivity contribution in [2.45, 2.75) is 40.3 Å². The van der Waals surface area contributed by atoms with E-state index in [0.29, 0.717) is 13.2 Å². The molecule has 0 fully saturated rings. The van der Waals surface area contributed by atoms with Gasteiger partial charge in [-0.15, -0.1) is 0 Å². The number of hydrogen-bond donors (Lipinski definition) is 2. The van der Waals surface area contributed by atoms with Crippen molar-refractivity contribution in [1.29, 1.82) is 0 Å². The van der Waals surface area contributed by atoms with E-state index in [-0.39, 0.29) is 5.91 Å². The Morgan fingerprint density at radius 3 is 2.56 bits per heavy atom. The molecule has 0 saturated heterocycles. The number of carbonyl (C=O) groups is 1. The number of nitrogens with zero attached hydrogens (tertiary/aromatic N) is 1. The highest BCUT2D eigenvalue weighted by atomic mass is 16.5. The van der Waals surface area contributed by atoms with E-state index in [2.05, 4.69) is 41.6 Å². The van der Waals surface area contributed by atoms with Crippen LogP contribution >= 0.6 is 0 Å². The molecule has 2 rings (SSSR count). The summed E-state index contributed by atoms with van der Waals surface area (Å²) in [5.74, 6) is 0.951. The summed E-state index contributed by atoms with van der Waals surface area (Å²) < 4.78 is 5.97.